The quantitative estimate of drug-likeness (QED) is 0.552. The summed E-state index contributed by atoms with van der Waals surface area (Å²) >= 11 is 7.56. The van der Waals surface area contributed by atoms with Crippen molar-refractivity contribution in [1.29, 1.82) is 0 Å². The number of rotatable bonds is 6. The van der Waals surface area contributed by atoms with Crippen LogP contribution < -0.4 is 15.4 Å². The number of nitrogens with zero attached hydrogens (tertiary/aromatic N) is 3. The summed E-state index contributed by atoms with van der Waals surface area (Å²) in [5.74, 6) is 0.562. The number of urea groups is 1. The van der Waals surface area contributed by atoms with E-state index in [-0.39, 0.29) is 18.3 Å². The molecule has 1 aromatic carbocycles. The van der Waals surface area contributed by atoms with Crippen molar-refractivity contribution < 1.29 is 9.59 Å². The van der Waals surface area contributed by atoms with Gasteiger partial charge in [-0.15, -0.1) is 23.7 Å². The van der Waals surface area contributed by atoms with Crippen LogP contribution in [0.4, 0.5) is 10.5 Å². The number of hydrogen-bond acceptors (Lipinski definition) is 4. The minimum absolute atomic E-state index is 0. The molecule has 0 aliphatic carbocycles. The van der Waals surface area contributed by atoms with Gasteiger partial charge in [0.05, 0.1) is 0 Å². The number of benzene rings is 1. The molecule has 2 aromatic rings. The molecule has 7 nitrogen and oxygen atoms in total. The van der Waals surface area contributed by atoms with Crippen LogP contribution in [-0.2, 0) is 11.3 Å². The van der Waals surface area contributed by atoms with Crippen molar-refractivity contribution in [3.05, 3.63) is 45.7 Å². The van der Waals surface area contributed by atoms with Crippen molar-refractivity contribution in [3.63, 3.8) is 0 Å². The molecule has 2 heterocycles. The molecule has 0 bridgehead atoms. The molecular weight excluding hydrogens is 493 g/mol. The van der Waals surface area contributed by atoms with Crippen molar-refractivity contribution in [2.75, 3.05) is 25.5 Å². The van der Waals surface area contributed by atoms with Crippen molar-refractivity contribution in [2.45, 2.75) is 52.6 Å². The Morgan fingerprint density at radius 1 is 1.21 bits per heavy atom. The van der Waals surface area contributed by atoms with Gasteiger partial charge in [0.1, 0.15) is 6.04 Å². The van der Waals surface area contributed by atoms with Crippen LogP contribution in [0.3, 0.4) is 0 Å². The molecule has 1 aromatic heterocycles. The normalized spacial score (nSPS) is 16.0. The van der Waals surface area contributed by atoms with Gasteiger partial charge in [0.25, 0.3) is 0 Å². The molecule has 3 amide bonds. The molecule has 188 valence electrons. The number of thiazole rings is 1. The number of nitrogens with one attached hydrogen (secondary N) is 2. The zero-order valence-corrected chi connectivity index (χ0v) is 22.6. The van der Waals surface area contributed by atoms with Gasteiger partial charge in [-0.05, 0) is 54.9 Å². The largest absolute Gasteiger partial charge is 0.341 e. The number of aromatic nitrogens is 1. The van der Waals surface area contributed by atoms with Crippen LogP contribution in [-0.4, -0.2) is 47.6 Å². The highest BCUT2D eigenvalue weighted by atomic mass is 35.5. The summed E-state index contributed by atoms with van der Waals surface area (Å²) < 4.78 is 2.20. The fraction of sp³-hybridized carbons (Fsp3) is 0.542. The molecule has 2 N–H and O–H groups in total. The maximum atomic E-state index is 13.4. The molecule has 1 saturated heterocycles. The highest BCUT2D eigenvalue weighted by Gasteiger charge is 2.37. The summed E-state index contributed by atoms with van der Waals surface area (Å²) in [7, 11) is 1.82. The number of amides is 3. The third-order valence-corrected chi connectivity index (χ3v) is 7.18. The van der Waals surface area contributed by atoms with Gasteiger partial charge >= 0.3 is 6.03 Å². The second kappa shape index (κ2) is 12.6. The fourth-order valence-corrected chi connectivity index (χ4v) is 4.92. The Labute approximate surface area is 217 Å². The zero-order valence-electron chi connectivity index (χ0n) is 20.2. The first-order chi connectivity index (χ1) is 15.7. The van der Waals surface area contributed by atoms with Gasteiger partial charge in [-0.1, -0.05) is 32.4 Å². The summed E-state index contributed by atoms with van der Waals surface area (Å²) in [5, 5.41) is 8.35. The van der Waals surface area contributed by atoms with E-state index in [9.17, 15) is 9.59 Å². The molecule has 1 fully saturated rings. The van der Waals surface area contributed by atoms with E-state index in [1.807, 2.05) is 32.7 Å². The summed E-state index contributed by atoms with van der Waals surface area (Å²) in [5.41, 5.74) is 0.210. The second-order valence-corrected chi connectivity index (χ2v) is 10.9. The predicted molar refractivity (Wildman–Crippen MR) is 142 cm³/mol. The van der Waals surface area contributed by atoms with E-state index in [1.54, 1.807) is 35.6 Å². The van der Waals surface area contributed by atoms with Crippen LogP contribution in [0.2, 0.25) is 5.02 Å². The first-order valence-corrected chi connectivity index (χ1v) is 12.6. The van der Waals surface area contributed by atoms with Crippen molar-refractivity contribution in [2.24, 2.45) is 16.3 Å². The SMILES string of the molecule is CN=c1sccn1CCC1CCN(C(=O)[C@H](NC(=O)Nc2ccc(Cl)cc2)C(C)(C)C)CC1.Cl. The van der Waals surface area contributed by atoms with Crippen LogP contribution >= 0.6 is 35.3 Å². The van der Waals surface area contributed by atoms with E-state index in [2.05, 4.69) is 31.8 Å². The van der Waals surface area contributed by atoms with Crippen LogP contribution in [0.1, 0.15) is 40.0 Å². The first kappa shape index (κ1) is 28.2. The van der Waals surface area contributed by atoms with Gasteiger partial charge in [-0.3, -0.25) is 9.79 Å². The van der Waals surface area contributed by atoms with E-state index in [1.165, 1.54) is 0 Å². The smallest absolute Gasteiger partial charge is 0.319 e. The zero-order chi connectivity index (χ0) is 24.0. The monoisotopic (exact) mass is 527 g/mol. The number of anilines is 1. The Bertz CT molecular complexity index is 1010. The van der Waals surface area contributed by atoms with Gasteiger partial charge in [-0.25, -0.2) is 4.79 Å². The number of hydrogen-bond donors (Lipinski definition) is 2. The highest BCUT2D eigenvalue weighted by Crippen LogP contribution is 2.26. The standard InChI is InChI=1S/C24H34ClN5O2S.ClH/c1-24(2,3)20(28-22(32)27-19-7-5-18(25)6-8-19)21(31)29-12-9-17(10-13-29)11-14-30-15-16-33-23(30)26-4;/h5-8,15-17,20H,9-14H2,1-4H3,(H2,27,28,32);1H/t20-;/m0./s1. The highest BCUT2D eigenvalue weighted by molar-refractivity contribution is 7.07. The third-order valence-electron chi connectivity index (χ3n) is 6.05. The Hall–Kier alpha value is -2.03. The number of carbonyl (C=O) groups excluding carboxylic acids is 2. The van der Waals surface area contributed by atoms with Crippen molar-refractivity contribution in [3.8, 4) is 0 Å². The van der Waals surface area contributed by atoms with E-state index in [4.69, 9.17) is 11.6 Å². The van der Waals surface area contributed by atoms with E-state index in [0.29, 0.717) is 16.6 Å². The van der Waals surface area contributed by atoms with E-state index >= 15 is 0 Å². The Kier molecular flexibility index (Phi) is 10.5. The molecule has 1 atom stereocenters. The summed E-state index contributed by atoms with van der Waals surface area (Å²) in [6, 6.07) is 5.87. The Morgan fingerprint density at radius 3 is 2.44 bits per heavy atom. The lowest BCUT2D eigenvalue weighted by Gasteiger charge is -2.38. The lowest BCUT2D eigenvalue weighted by molar-refractivity contribution is -0.137. The minimum Gasteiger partial charge on any atom is -0.341 e. The van der Waals surface area contributed by atoms with Crippen LogP contribution in [0, 0.1) is 11.3 Å². The second-order valence-electron chi connectivity index (χ2n) is 9.56. The minimum atomic E-state index is -0.614. The summed E-state index contributed by atoms with van der Waals surface area (Å²) in [6.07, 6.45) is 5.11. The topological polar surface area (TPSA) is 78.7 Å². The molecule has 0 spiro atoms. The molecular formula is C24H35Cl2N5O2S. The Balaban J connectivity index is 0.00000408. The van der Waals surface area contributed by atoms with Crippen molar-refractivity contribution >= 4 is 53.0 Å². The number of aryl methyl sites for hydroxylation is 1. The van der Waals surface area contributed by atoms with Gasteiger partial charge in [0, 0.05) is 49.0 Å². The molecule has 1 aliphatic heterocycles. The average Bonchev–Trinajstić information content (AvgIpc) is 3.24. The molecule has 1 aliphatic rings. The molecule has 0 radical (unpaired) electrons. The third kappa shape index (κ3) is 7.75. The average molecular weight is 529 g/mol. The van der Waals surface area contributed by atoms with Crippen LogP contribution in [0.15, 0.2) is 40.8 Å². The van der Waals surface area contributed by atoms with Crippen LogP contribution in [0.5, 0.6) is 0 Å². The van der Waals surface area contributed by atoms with Gasteiger partial charge in [0.2, 0.25) is 5.91 Å². The predicted octanol–water partition coefficient (Wildman–Crippen LogP) is 5.02. The first-order valence-electron chi connectivity index (χ1n) is 11.4. The summed E-state index contributed by atoms with van der Waals surface area (Å²) in [4.78, 5) is 33.2. The number of piperidine rings is 1. The maximum Gasteiger partial charge on any atom is 0.319 e. The number of halogens is 2. The van der Waals surface area contributed by atoms with Gasteiger partial charge in [-0.2, -0.15) is 0 Å². The number of carbonyl (C=O) groups is 2. The van der Waals surface area contributed by atoms with Gasteiger partial charge in [0.15, 0.2) is 4.80 Å². The number of likely N-dealkylation sites (tertiary alicyclic amines) is 1. The maximum absolute atomic E-state index is 13.4. The lowest BCUT2D eigenvalue weighted by atomic mass is 9.85. The molecule has 3 rings (SSSR count). The van der Waals surface area contributed by atoms with E-state index < -0.39 is 17.5 Å². The Morgan fingerprint density at radius 2 is 1.85 bits per heavy atom. The molecule has 34 heavy (non-hydrogen) atoms. The van der Waals surface area contributed by atoms with Crippen molar-refractivity contribution in [1.82, 2.24) is 14.8 Å². The van der Waals surface area contributed by atoms with Crippen LogP contribution in [0.25, 0.3) is 0 Å². The molecule has 0 saturated carbocycles. The lowest BCUT2D eigenvalue weighted by Crippen LogP contribution is -2.56. The molecule has 0 unspecified atom stereocenters. The summed E-state index contributed by atoms with van der Waals surface area (Å²) in [6.45, 7) is 8.30. The van der Waals surface area contributed by atoms with E-state index in [0.717, 1.165) is 43.7 Å². The fourth-order valence-electron chi connectivity index (χ4n) is 4.07. The van der Waals surface area contributed by atoms with Gasteiger partial charge < -0.3 is 20.1 Å². The molecule has 10 heteroatoms.